The van der Waals surface area contributed by atoms with Crippen molar-refractivity contribution in [1.29, 1.82) is 0 Å². The van der Waals surface area contributed by atoms with Gasteiger partial charge in [-0.15, -0.1) is 0 Å². The number of likely N-dealkylation sites (N-methyl/N-ethyl adjacent to an activating group) is 1. The molecule has 1 aliphatic carbocycles. The lowest BCUT2D eigenvalue weighted by Gasteiger charge is -2.45. The molecule has 54 valence electrons. The predicted octanol–water partition coefficient (Wildman–Crippen LogP) is 0.367. The van der Waals surface area contributed by atoms with Gasteiger partial charge in [0, 0.05) is 5.54 Å². The highest BCUT2D eigenvalue weighted by molar-refractivity contribution is 4.97. The number of hydrogen-bond donors (Lipinski definition) is 2. The van der Waals surface area contributed by atoms with Crippen LogP contribution in [0.1, 0.15) is 19.8 Å². The molecule has 0 heterocycles. The van der Waals surface area contributed by atoms with Crippen molar-refractivity contribution in [3.8, 4) is 0 Å². The number of rotatable bonds is 2. The molecule has 0 unspecified atom stereocenters. The van der Waals surface area contributed by atoms with E-state index >= 15 is 0 Å². The Balaban J connectivity index is 2.36. The number of aliphatic hydroxyl groups excluding tert-OH is 1. The molecule has 0 radical (unpaired) electrons. The molecule has 1 aliphatic rings. The van der Waals surface area contributed by atoms with E-state index in [4.69, 9.17) is 5.11 Å². The van der Waals surface area contributed by atoms with Gasteiger partial charge in [0.25, 0.3) is 0 Å². The largest absolute Gasteiger partial charge is 0.394 e. The Hall–Kier alpha value is -0.0800. The third-order valence-electron chi connectivity index (χ3n) is 2.31. The van der Waals surface area contributed by atoms with Crippen molar-refractivity contribution in [2.45, 2.75) is 25.3 Å². The van der Waals surface area contributed by atoms with Gasteiger partial charge in [-0.3, -0.25) is 0 Å². The molecule has 9 heavy (non-hydrogen) atoms. The fourth-order valence-electron chi connectivity index (χ4n) is 1.69. The summed E-state index contributed by atoms with van der Waals surface area (Å²) in [4.78, 5) is 0. The molecule has 0 aromatic carbocycles. The highest BCUT2D eigenvalue weighted by atomic mass is 16.3. The van der Waals surface area contributed by atoms with Crippen LogP contribution in [0, 0.1) is 5.92 Å². The maximum Gasteiger partial charge on any atom is 0.0613 e. The van der Waals surface area contributed by atoms with Crippen molar-refractivity contribution in [3.63, 3.8) is 0 Å². The summed E-state index contributed by atoms with van der Waals surface area (Å²) in [6.07, 6.45) is 2.25. The molecule has 2 N–H and O–H groups in total. The Morgan fingerprint density at radius 2 is 2.22 bits per heavy atom. The first kappa shape index (κ1) is 7.03. The molecule has 1 saturated carbocycles. The van der Waals surface area contributed by atoms with Crippen LogP contribution in [0.3, 0.4) is 0 Å². The fourth-order valence-corrected chi connectivity index (χ4v) is 1.69. The SMILES string of the molecule is CNC1(CO)CC(C)C1. The number of nitrogens with one attached hydrogen (secondary N) is 1. The molecule has 0 saturated heterocycles. The van der Waals surface area contributed by atoms with Gasteiger partial charge in [0.05, 0.1) is 6.61 Å². The van der Waals surface area contributed by atoms with E-state index in [0.717, 1.165) is 18.8 Å². The first-order valence-electron chi connectivity index (χ1n) is 3.52. The van der Waals surface area contributed by atoms with Crippen LogP contribution in [0.4, 0.5) is 0 Å². The summed E-state index contributed by atoms with van der Waals surface area (Å²) in [6, 6.07) is 0. The second kappa shape index (κ2) is 2.27. The lowest BCUT2D eigenvalue weighted by atomic mass is 9.70. The van der Waals surface area contributed by atoms with E-state index in [0.29, 0.717) is 0 Å². The van der Waals surface area contributed by atoms with E-state index in [9.17, 15) is 0 Å². The summed E-state index contributed by atoms with van der Waals surface area (Å²) < 4.78 is 0. The van der Waals surface area contributed by atoms with Crippen LogP contribution < -0.4 is 5.32 Å². The zero-order valence-corrected chi connectivity index (χ0v) is 6.15. The van der Waals surface area contributed by atoms with Crippen LogP contribution in [-0.4, -0.2) is 24.3 Å². The standard InChI is InChI=1S/C7H15NO/c1-6-3-7(4-6,5-9)8-2/h6,8-9H,3-5H2,1-2H3. The summed E-state index contributed by atoms with van der Waals surface area (Å²) in [5, 5.41) is 12.0. The predicted molar refractivity (Wildman–Crippen MR) is 37.3 cm³/mol. The van der Waals surface area contributed by atoms with Gasteiger partial charge in [0.2, 0.25) is 0 Å². The van der Waals surface area contributed by atoms with Gasteiger partial charge in [-0.05, 0) is 25.8 Å². The van der Waals surface area contributed by atoms with Crippen molar-refractivity contribution < 1.29 is 5.11 Å². The normalized spacial score (nSPS) is 42.3. The molecule has 0 atom stereocenters. The summed E-state index contributed by atoms with van der Waals surface area (Å²) in [5.74, 6) is 0.796. The van der Waals surface area contributed by atoms with E-state index in [1.807, 2.05) is 7.05 Å². The second-order valence-electron chi connectivity index (χ2n) is 3.20. The molecule has 0 aromatic rings. The molecular formula is C7H15NO. The maximum atomic E-state index is 8.89. The molecule has 1 rings (SSSR count). The first-order valence-corrected chi connectivity index (χ1v) is 3.52. The highest BCUT2D eigenvalue weighted by Gasteiger charge is 2.39. The van der Waals surface area contributed by atoms with Gasteiger partial charge in [0.15, 0.2) is 0 Å². The van der Waals surface area contributed by atoms with Crippen LogP contribution in [0.5, 0.6) is 0 Å². The molecule has 0 spiro atoms. The first-order chi connectivity index (χ1) is 4.22. The van der Waals surface area contributed by atoms with Gasteiger partial charge in [-0.1, -0.05) is 6.92 Å². The monoisotopic (exact) mass is 129 g/mol. The average molecular weight is 129 g/mol. The van der Waals surface area contributed by atoms with Crippen LogP contribution in [-0.2, 0) is 0 Å². The van der Waals surface area contributed by atoms with Crippen LogP contribution in [0.25, 0.3) is 0 Å². The Labute approximate surface area is 56.3 Å². The highest BCUT2D eigenvalue weighted by Crippen LogP contribution is 2.36. The summed E-state index contributed by atoms with van der Waals surface area (Å²) in [7, 11) is 1.92. The summed E-state index contributed by atoms with van der Waals surface area (Å²) >= 11 is 0. The zero-order valence-electron chi connectivity index (χ0n) is 6.15. The van der Waals surface area contributed by atoms with E-state index in [2.05, 4.69) is 12.2 Å². The average Bonchev–Trinajstić information content (AvgIpc) is 1.81. The van der Waals surface area contributed by atoms with E-state index in [-0.39, 0.29) is 12.1 Å². The minimum Gasteiger partial charge on any atom is -0.394 e. The second-order valence-corrected chi connectivity index (χ2v) is 3.20. The molecule has 0 amide bonds. The Bertz CT molecular complexity index is 91.1. The van der Waals surface area contributed by atoms with E-state index in [1.165, 1.54) is 0 Å². The van der Waals surface area contributed by atoms with Crippen molar-refractivity contribution in [2.75, 3.05) is 13.7 Å². The van der Waals surface area contributed by atoms with Crippen LogP contribution >= 0.6 is 0 Å². The van der Waals surface area contributed by atoms with Crippen molar-refractivity contribution in [2.24, 2.45) is 5.92 Å². The van der Waals surface area contributed by atoms with Crippen molar-refractivity contribution >= 4 is 0 Å². The lowest BCUT2D eigenvalue weighted by Crippen LogP contribution is -2.55. The quantitative estimate of drug-likeness (QED) is 0.564. The Morgan fingerprint density at radius 1 is 1.67 bits per heavy atom. The minimum absolute atomic E-state index is 0.0828. The topological polar surface area (TPSA) is 32.3 Å². The smallest absolute Gasteiger partial charge is 0.0613 e. The molecule has 0 aromatic heterocycles. The lowest BCUT2D eigenvalue weighted by molar-refractivity contribution is 0.0543. The van der Waals surface area contributed by atoms with Gasteiger partial charge < -0.3 is 10.4 Å². The fraction of sp³-hybridized carbons (Fsp3) is 1.00. The zero-order chi connectivity index (χ0) is 6.91. The van der Waals surface area contributed by atoms with Gasteiger partial charge >= 0.3 is 0 Å². The molecular weight excluding hydrogens is 114 g/mol. The molecule has 2 nitrogen and oxygen atoms in total. The molecule has 1 fully saturated rings. The minimum atomic E-state index is 0.0828. The Kier molecular flexibility index (Phi) is 1.78. The van der Waals surface area contributed by atoms with E-state index in [1.54, 1.807) is 0 Å². The number of aliphatic hydroxyl groups is 1. The third kappa shape index (κ3) is 1.10. The summed E-state index contributed by atoms with van der Waals surface area (Å²) in [6.45, 7) is 2.50. The van der Waals surface area contributed by atoms with E-state index < -0.39 is 0 Å². The van der Waals surface area contributed by atoms with Gasteiger partial charge in [-0.2, -0.15) is 0 Å². The van der Waals surface area contributed by atoms with Gasteiger partial charge in [-0.25, -0.2) is 0 Å². The maximum absolute atomic E-state index is 8.89. The molecule has 0 aliphatic heterocycles. The van der Waals surface area contributed by atoms with Crippen molar-refractivity contribution in [1.82, 2.24) is 5.32 Å². The third-order valence-corrected chi connectivity index (χ3v) is 2.31. The van der Waals surface area contributed by atoms with Crippen LogP contribution in [0.15, 0.2) is 0 Å². The van der Waals surface area contributed by atoms with Crippen molar-refractivity contribution in [3.05, 3.63) is 0 Å². The molecule has 2 heteroatoms. The summed E-state index contributed by atoms with van der Waals surface area (Å²) in [5.41, 5.74) is 0.0828. The van der Waals surface area contributed by atoms with Crippen LogP contribution in [0.2, 0.25) is 0 Å². The number of hydrogen-bond acceptors (Lipinski definition) is 2. The Morgan fingerprint density at radius 3 is 2.33 bits per heavy atom. The van der Waals surface area contributed by atoms with Gasteiger partial charge in [0.1, 0.15) is 0 Å². The molecule has 0 bridgehead atoms.